The predicted octanol–water partition coefficient (Wildman–Crippen LogP) is 0.659. The molecule has 0 aromatic carbocycles. The molecule has 0 aliphatic rings. The Hall–Kier alpha value is -0.770. The summed E-state index contributed by atoms with van der Waals surface area (Å²) in [5.74, 6) is 2.11. The Morgan fingerprint density at radius 2 is 2.20 bits per heavy atom. The quantitative estimate of drug-likeness (QED) is 0.318. The van der Waals surface area contributed by atoms with Crippen LogP contribution in [0.15, 0.2) is 0 Å². The number of terminal acetylenes is 1. The fraction of sp³-hybridized carbons (Fsp3) is 0.250. The lowest BCUT2D eigenvalue weighted by molar-refractivity contribution is 1.51. The van der Waals surface area contributed by atoms with Crippen LogP contribution >= 0.6 is 0 Å². The summed E-state index contributed by atoms with van der Waals surface area (Å²) in [4.78, 5) is 0. The normalized spacial score (nSPS) is 5.60. The maximum Gasteiger partial charge on any atom is 0.0775 e. The van der Waals surface area contributed by atoms with Crippen LogP contribution in [0.2, 0.25) is 0 Å². The van der Waals surface area contributed by atoms with Crippen LogP contribution in [0, 0.1) is 17.8 Å². The fourth-order valence-electron chi connectivity index (χ4n) is 0. The average Bonchev–Trinajstić information content (AvgIpc) is 1.38. The minimum absolute atomic E-state index is 0.282. The van der Waals surface area contributed by atoms with Gasteiger partial charge in [0.25, 0.3) is 0 Å². The van der Waals surface area contributed by atoms with E-state index < -0.39 is 0 Å². The number of rotatable bonds is 0. The van der Waals surface area contributed by atoms with Crippen molar-refractivity contribution < 1.29 is 0 Å². The van der Waals surface area contributed by atoms with Crippen molar-refractivity contribution in [2.45, 2.75) is 6.92 Å². The van der Waals surface area contributed by atoms with E-state index in [9.17, 15) is 0 Å². The maximum absolute atomic E-state index is 6.51. The van der Waals surface area contributed by atoms with Crippen LogP contribution in [0.3, 0.4) is 0 Å². The molecule has 0 spiro atoms. The molecule has 1 N–H and O–H groups in total. The van der Waals surface area contributed by atoms with Gasteiger partial charge in [0.2, 0.25) is 0 Å². The molecular weight excluding hydrogens is 62.1 g/mol. The van der Waals surface area contributed by atoms with Crippen LogP contribution in [0.4, 0.5) is 0 Å². The SMILES string of the molecule is C#CC(C)=N. The van der Waals surface area contributed by atoms with Crippen molar-refractivity contribution in [2.75, 3.05) is 0 Å². The van der Waals surface area contributed by atoms with E-state index in [-0.39, 0.29) is 5.71 Å². The van der Waals surface area contributed by atoms with Crippen LogP contribution in [0.25, 0.3) is 0 Å². The zero-order valence-electron chi connectivity index (χ0n) is 3.08. The molecule has 0 aliphatic heterocycles. The number of nitrogens with one attached hydrogen (secondary N) is 1. The Morgan fingerprint density at radius 3 is 2.20 bits per heavy atom. The first-order valence-electron chi connectivity index (χ1n) is 1.29. The van der Waals surface area contributed by atoms with Crippen LogP contribution in [-0.4, -0.2) is 5.71 Å². The monoisotopic (exact) mass is 67.0 g/mol. The largest absolute Gasteiger partial charge is 0.297 e. The Bertz CT molecular complexity index is 76.1. The van der Waals surface area contributed by atoms with Crippen molar-refractivity contribution in [1.29, 1.82) is 5.41 Å². The first kappa shape index (κ1) is 4.23. The van der Waals surface area contributed by atoms with Gasteiger partial charge in [0, 0.05) is 0 Å². The summed E-state index contributed by atoms with van der Waals surface area (Å²) in [5, 5.41) is 6.51. The molecule has 0 rings (SSSR count). The lowest BCUT2D eigenvalue weighted by atomic mass is 10.5. The fourth-order valence-corrected chi connectivity index (χ4v) is 0. The summed E-state index contributed by atoms with van der Waals surface area (Å²) in [6.07, 6.45) is 4.70. The Labute approximate surface area is 31.5 Å². The van der Waals surface area contributed by atoms with Gasteiger partial charge in [0.1, 0.15) is 0 Å². The molecule has 0 fully saturated rings. The highest BCUT2D eigenvalue weighted by molar-refractivity contribution is 5.95. The molecule has 0 bridgehead atoms. The van der Waals surface area contributed by atoms with Gasteiger partial charge in [-0.1, -0.05) is 5.92 Å². The zero-order chi connectivity index (χ0) is 4.28. The van der Waals surface area contributed by atoms with Crippen molar-refractivity contribution >= 4 is 5.71 Å². The minimum Gasteiger partial charge on any atom is -0.297 e. The van der Waals surface area contributed by atoms with Crippen molar-refractivity contribution in [3.8, 4) is 12.3 Å². The van der Waals surface area contributed by atoms with Crippen molar-refractivity contribution in [3.05, 3.63) is 0 Å². The molecule has 0 unspecified atom stereocenters. The first-order chi connectivity index (χ1) is 2.27. The average molecular weight is 67.1 g/mol. The number of hydrogen-bond acceptors (Lipinski definition) is 1. The second-order valence-electron chi connectivity index (χ2n) is 0.769. The van der Waals surface area contributed by atoms with Gasteiger partial charge in [-0.25, -0.2) is 0 Å². The summed E-state index contributed by atoms with van der Waals surface area (Å²) >= 11 is 0. The highest BCUT2D eigenvalue weighted by Gasteiger charge is 1.62. The smallest absolute Gasteiger partial charge is 0.0775 e. The molecule has 0 heterocycles. The summed E-state index contributed by atoms with van der Waals surface area (Å²) in [6.45, 7) is 1.57. The zero-order valence-corrected chi connectivity index (χ0v) is 3.08. The van der Waals surface area contributed by atoms with Gasteiger partial charge in [-0.2, -0.15) is 0 Å². The predicted molar refractivity (Wildman–Crippen MR) is 22.2 cm³/mol. The topological polar surface area (TPSA) is 23.9 Å². The van der Waals surface area contributed by atoms with Crippen molar-refractivity contribution in [1.82, 2.24) is 0 Å². The second-order valence-corrected chi connectivity index (χ2v) is 0.769. The molecule has 0 aromatic rings. The molecule has 0 aliphatic carbocycles. The van der Waals surface area contributed by atoms with Gasteiger partial charge in [-0.3, -0.25) is 5.41 Å². The molecule has 1 heteroatoms. The molecule has 0 amide bonds. The molecule has 0 atom stereocenters. The second kappa shape index (κ2) is 1.54. The van der Waals surface area contributed by atoms with Crippen molar-refractivity contribution in [2.24, 2.45) is 0 Å². The minimum atomic E-state index is 0.282. The molecule has 1 nitrogen and oxygen atoms in total. The molecule has 26 valence electrons. The lowest BCUT2D eigenvalue weighted by Gasteiger charge is -1.64. The summed E-state index contributed by atoms with van der Waals surface area (Å²) in [7, 11) is 0. The van der Waals surface area contributed by atoms with Crippen LogP contribution < -0.4 is 0 Å². The van der Waals surface area contributed by atoms with Crippen molar-refractivity contribution in [3.63, 3.8) is 0 Å². The third-order valence-corrected chi connectivity index (χ3v) is 0.217. The van der Waals surface area contributed by atoms with Gasteiger partial charge in [0.15, 0.2) is 0 Å². The lowest BCUT2D eigenvalue weighted by Crippen LogP contribution is -1.73. The molecule has 5 heavy (non-hydrogen) atoms. The summed E-state index contributed by atoms with van der Waals surface area (Å²) < 4.78 is 0. The highest BCUT2D eigenvalue weighted by Crippen LogP contribution is 1.54. The Kier molecular flexibility index (Phi) is 1.30. The van der Waals surface area contributed by atoms with Gasteiger partial charge in [-0.15, -0.1) is 6.42 Å². The Morgan fingerprint density at radius 1 is 2.00 bits per heavy atom. The van der Waals surface area contributed by atoms with E-state index in [0.29, 0.717) is 0 Å². The molecular formula is C4H5N. The summed E-state index contributed by atoms with van der Waals surface area (Å²) in [5.41, 5.74) is 0.282. The third kappa shape index (κ3) is 3.23. The van der Waals surface area contributed by atoms with E-state index >= 15 is 0 Å². The van der Waals surface area contributed by atoms with Gasteiger partial charge in [-0.05, 0) is 6.92 Å². The van der Waals surface area contributed by atoms with Crippen LogP contribution in [0.1, 0.15) is 6.92 Å². The van der Waals surface area contributed by atoms with E-state index in [0.717, 1.165) is 0 Å². The van der Waals surface area contributed by atoms with E-state index in [4.69, 9.17) is 11.8 Å². The number of hydrogen-bond donors (Lipinski definition) is 1. The molecule has 0 radical (unpaired) electrons. The maximum atomic E-state index is 6.51. The standard InChI is InChI=1S/C4H5N/c1-3-4(2)5/h1,5H,2H3. The van der Waals surface area contributed by atoms with Gasteiger partial charge < -0.3 is 0 Å². The van der Waals surface area contributed by atoms with Gasteiger partial charge in [0.05, 0.1) is 5.71 Å². The molecule has 0 saturated heterocycles. The van der Waals surface area contributed by atoms with E-state index in [2.05, 4.69) is 5.92 Å². The van der Waals surface area contributed by atoms with E-state index in [1.807, 2.05) is 0 Å². The third-order valence-electron chi connectivity index (χ3n) is 0.217. The first-order valence-corrected chi connectivity index (χ1v) is 1.29. The summed E-state index contributed by atoms with van der Waals surface area (Å²) in [6, 6.07) is 0. The molecule has 0 saturated carbocycles. The highest BCUT2D eigenvalue weighted by atomic mass is 14.4. The van der Waals surface area contributed by atoms with Gasteiger partial charge >= 0.3 is 0 Å². The van der Waals surface area contributed by atoms with Crippen LogP contribution in [0.5, 0.6) is 0 Å². The van der Waals surface area contributed by atoms with E-state index in [1.54, 1.807) is 6.92 Å². The Balaban J connectivity index is 3.35. The van der Waals surface area contributed by atoms with E-state index in [1.165, 1.54) is 0 Å². The van der Waals surface area contributed by atoms with Crippen LogP contribution in [-0.2, 0) is 0 Å². The molecule has 0 aromatic heterocycles.